The Balaban J connectivity index is 1.75. The van der Waals surface area contributed by atoms with Crippen LogP contribution in [-0.2, 0) is 0 Å². The van der Waals surface area contributed by atoms with Gasteiger partial charge in [-0.3, -0.25) is 4.79 Å². The minimum atomic E-state index is -0.529. The molecule has 22 heavy (non-hydrogen) atoms. The number of anilines is 2. The maximum Gasteiger partial charge on any atom is 0.267 e. The third-order valence-corrected chi connectivity index (χ3v) is 3.30. The first-order valence-corrected chi connectivity index (χ1v) is 6.91. The maximum absolute atomic E-state index is 11.0. The standard InChI is InChI=1S/C18H15N3O/c19-18(22)17-11-10-16(12-20-17)21-15-8-6-14(7-9-15)13-4-2-1-3-5-13/h1-12,21H,(H2,19,22). The first-order chi connectivity index (χ1) is 10.7. The molecule has 1 aromatic heterocycles. The van der Waals surface area contributed by atoms with E-state index in [0.29, 0.717) is 0 Å². The number of benzene rings is 2. The van der Waals surface area contributed by atoms with Gasteiger partial charge in [0, 0.05) is 5.69 Å². The number of carbonyl (C=O) groups is 1. The zero-order valence-electron chi connectivity index (χ0n) is 11.9. The number of carbonyl (C=O) groups excluding carboxylic acids is 1. The summed E-state index contributed by atoms with van der Waals surface area (Å²) in [6.07, 6.45) is 1.59. The van der Waals surface area contributed by atoms with Crippen LogP contribution in [-0.4, -0.2) is 10.9 Å². The molecular formula is C18H15N3O. The largest absolute Gasteiger partial charge is 0.364 e. The Hall–Kier alpha value is -3.14. The van der Waals surface area contributed by atoms with E-state index in [1.165, 1.54) is 5.56 Å². The summed E-state index contributed by atoms with van der Waals surface area (Å²) in [7, 11) is 0. The van der Waals surface area contributed by atoms with Gasteiger partial charge < -0.3 is 11.1 Å². The highest BCUT2D eigenvalue weighted by Crippen LogP contribution is 2.22. The molecule has 4 nitrogen and oxygen atoms in total. The molecule has 3 rings (SSSR count). The first-order valence-electron chi connectivity index (χ1n) is 6.91. The van der Waals surface area contributed by atoms with Crippen molar-refractivity contribution >= 4 is 17.3 Å². The van der Waals surface area contributed by atoms with Crippen LogP contribution in [0.4, 0.5) is 11.4 Å². The van der Waals surface area contributed by atoms with E-state index in [1.54, 1.807) is 18.3 Å². The molecule has 0 saturated heterocycles. The molecule has 2 aromatic carbocycles. The summed E-state index contributed by atoms with van der Waals surface area (Å²) in [6.45, 7) is 0. The summed E-state index contributed by atoms with van der Waals surface area (Å²) in [5, 5.41) is 3.23. The average Bonchev–Trinajstić information content (AvgIpc) is 2.57. The van der Waals surface area contributed by atoms with E-state index < -0.39 is 5.91 Å². The number of amides is 1. The molecule has 0 atom stereocenters. The Bertz CT molecular complexity index is 766. The van der Waals surface area contributed by atoms with E-state index >= 15 is 0 Å². The van der Waals surface area contributed by atoms with Crippen molar-refractivity contribution in [3.8, 4) is 11.1 Å². The van der Waals surface area contributed by atoms with Crippen LogP contribution in [0.2, 0.25) is 0 Å². The van der Waals surface area contributed by atoms with Crippen LogP contribution in [0.5, 0.6) is 0 Å². The lowest BCUT2D eigenvalue weighted by molar-refractivity contribution is 0.0995. The molecule has 0 aliphatic rings. The second kappa shape index (κ2) is 6.10. The van der Waals surface area contributed by atoms with Gasteiger partial charge in [0.25, 0.3) is 5.91 Å². The van der Waals surface area contributed by atoms with Gasteiger partial charge >= 0.3 is 0 Å². The predicted molar refractivity (Wildman–Crippen MR) is 87.9 cm³/mol. The zero-order chi connectivity index (χ0) is 15.4. The second-order valence-electron chi connectivity index (χ2n) is 4.86. The summed E-state index contributed by atoms with van der Waals surface area (Å²) < 4.78 is 0. The minimum Gasteiger partial charge on any atom is -0.364 e. The number of primary amides is 1. The number of nitrogens with two attached hydrogens (primary N) is 1. The molecule has 0 aliphatic carbocycles. The quantitative estimate of drug-likeness (QED) is 0.771. The molecule has 0 spiro atoms. The number of rotatable bonds is 4. The van der Waals surface area contributed by atoms with Crippen LogP contribution < -0.4 is 11.1 Å². The Morgan fingerprint density at radius 3 is 2.05 bits per heavy atom. The van der Waals surface area contributed by atoms with E-state index in [-0.39, 0.29) is 5.69 Å². The van der Waals surface area contributed by atoms with Crippen LogP contribution in [0.25, 0.3) is 11.1 Å². The fraction of sp³-hybridized carbons (Fsp3) is 0. The molecular weight excluding hydrogens is 274 g/mol. The Labute approximate surface area is 128 Å². The SMILES string of the molecule is NC(=O)c1ccc(Nc2ccc(-c3ccccc3)cc2)cn1. The molecule has 0 bridgehead atoms. The van der Waals surface area contributed by atoms with Crippen molar-refractivity contribution in [2.75, 3.05) is 5.32 Å². The average molecular weight is 289 g/mol. The minimum absolute atomic E-state index is 0.255. The van der Waals surface area contributed by atoms with Crippen LogP contribution >= 0.6 is 0 Å². The lowest BCUT2D eigenvalue weighted by Gasteiger charge is -2.08. The van der Waals surface area contributed by atoms with Crippen molar-refractivity contribution in [1.82, 2.24) is 4.98 Å². The highest BCUT2D eigenvalue weighted by atomic mass is 16.1. The highest BCUT2D eigenvalue weighted by Gasteiger charge is 2.02. The van der Waals surface area contributed by atoms with Gasteiger partial charge in [-0.2, -0.15) is 0 Å². The number of nitrogens with one attached hydrogen (secondary N) is 1. The summed E-state index contributed by atoms with van der Waals surface area (Å²) in [4.78, 5) is 15.0. The van der Waals surface area contributed by atoms with Crippen molar-refractivity contribution in [3.63, 3.8) is 0 Å². The van der Waals surface area contributed by atoms with Crippen molar-refractivity contribution in [2.45, 2.75) is 0 Å². The normalized spacial score (nSPS) is 10.2. The van der Waals surface area contributed by atoms with Gasteiger partial charge in [-0.25, -0.2) is 4.98 Å². The predicted octanol–water partition coefficient (Wildman–Crippen LogP) is 3.59. The molecule has 3 aromatic rings. The topological polar surface area (TPSA) is 68.0 Å². The van der Waals surface area contributed by atoms with E-state index in [4.69, 9.17) is 5.73 Å². The van der Waals surface area contributed by atoms with Crippen LogP contribution in [0.3, 0.4) is 0 Å². The fourth-order valence-corrected chi connectivity index (χ4v) is 2.16. The van der Waals surface area contributed by atoms with Gasteiger partial charge in [0.15, 0.2) is 0 Å². The van der Waals surface area contributed by atoms with Crippen LogP contribution in [0.1, 0.15) is 10.5 Å². The molecule has 1 amide bonds. The maximum atomic E-state index is 11.0. The third kappa shape index (κ3) is 3.12. The van der Waals surface area contributed by atoms with Gasteiger partial charge in [0.05, 0.1) is 11.9 Å². The lowest BCUT2D eigenvalue weighted by Crippen LogP contribution is -2.12. The number of aromatic nitrogens is 1. The Morgan fingerprint density at radius 1 is 0.818 bits per heavy atom. The van der Waals surface area contributed by atoms with Crippen molar-refractivity contribution in [3.05, 3.63) is 78.6 Å². The van der Waals surface area contributed by atoms with Gasteiger partial charge in [0.2, 0.25) is 0 Å². The van der Waals surface area contributed by atoms with E-state index in [9.17, 15) is 4.79 Å². The first kappa shape index (κ1) is 13.8. The van der Waals surface area contributed by atoms with Crippen LogP contribution in [0.15, 0.2) is 72.9 Å². The van der Waals surface area contributed by atoms with E-state index in [1.807, 2.05) is 30.3 Å². The Kier molecular flexibility index (Phi) is 3.83. The molecule has 0 radical (unpaired) electrons. The molecule has 1 heterocycles. The van der Waals surface area contributed by atoms with Gasteiger partial charge in [-0.1, -0.05) is 42.5 Å². The van der Waals surface area contributed by atoms with Crippen molar-refractivity contribution < 1.29 is 4.79 Å². The lowest BCUT2D eigenvalue weighted by atomic mass is 10.1. The zero-order valence-corrected chi connectivity index (χ0v) is 11.9. The van der Waals surface area contributed by atoms with E-state index in [2.05, 4.69) is 34.6 Å². The van der Waals surface area contributed by atoms with Crippen molar-refractivity contribution in [2.24, 2.45) is 5.73 Å². The molecule has 3 N–H and O–H groups in total. The molecule has 108 valence electrons. The molecule has 4 heteroatoms. The molecule has 0 aliphatic heterocycles. The monoisotopic (exact) mass is 289 g/mol. The van der Waals surface area contributed by atoms with Crippen LogP contribution in [0, 0.1) is 0 Å². The summed E-state index contributed by atoms with van der Waals surface area (Å²) in [5.74, 6) is -0.529. The second-order valence-corrected chi connectivity index (χ2v) is 4.86. The third-order valence-electron chi connectivity index (χ3n) is 3.30. The van der Waals surface area contributed by atoms with Gasteiger partial charge in [0.1, 0.15) is 5.69 Å². The number of hydrogen-bond donors (Lipinski definition) is 2. The van der Waals surface area contributed by atoms with Gasteiger partial charge in [-0.05, 0) is 35.4 Å². The smallest absolute Gasteiger partial charge is 0.267 e. The summed E-state index contributed by atoms with van der Waals surface area (Å²) in [6, 6.07) is 21.7. The Morgan fingerprint density at radius 2 is 1.45 bits per heavy atom. The molecule has 0 fully saturated rings. The number of nitrogens with zero attached hydrogens (tertiary/aromatic N) is 1. The molecule has 0 unspecified atom stereocenters. The summed E-state index contributed by atoms with van der Waals surface area (Å²) in [5.41, 5.74) is 9.52. The van der Waals surface area contributed by atoms with Gasteiger partial charge in [-0.15, -0.1) is 0 Å². The molecule has 0 saturated carbocycles. The summed E-state index contributed by atoms with van der Waals surface area (Å²) >= 11 is 0. The van der Waals surface area contributed by atoms with E-state index in [0.717, 1.165) is 16.9 Å². The van der Waals surface area contributed by atoms with Crippen molar-refractivity contribution in [1.29, 1.82) is 0 Å². The number of hydrogen-bond acceptors (Lipinski definition) is 3. The highest BCUT2D eigenvalue weighted by molar-refractivity contribution is 5.91. The fourth-order valence-electron chi connectivity index (χ4n) is 2.16. The number of pyridine rings is 1.